The molecular weight excluding hydrogens is 312 g/mol. The van der Waals surface area contributed by atoms with E-state index >= 15 is 0 Å². The molecule has 1 aliphatic heterocycles. The fraction of sp³-hybridized carbons (Fsp3) is 0.286. The Morgan fingerprint density at radius 1 is 0.920 bits per heavy atom. The van der Waals surface area contributed by atoms with E-state index in [2.05, 4.69) is 17.0 Å². The highest BCUT2D eigenvalue weighted by Gasteiger charge is 2.21. The summed E-state index contributed by atoms with van der Waals surface area (Å²) in [5.74, 6) is 0.227. The largest absolute Gasteiger partial charge is 0.464 e. The van der Waals surface area contributed by atoms with Crippen molar-refractivity contribution in [1.82, 2.24) is 9.80 Å². The molecule has 0 unspecified atom stereocenters. The first-order valence-electron chi connectivity index (χ1n) is 8.78. The molecule has 0 aliphatic carbocycles. The second-order valence-corrected chi connectivity index (χ2v) is 6.61. The standard InChI is InChI=1S/C21H22N2O2/c24-21(15-17-4-2-1-3-5-17)23-11-9-22(10-12-23)16-18-6-7-20-19(14-18)8-13-25-20/h1-8,13-14H,9-12,15-16H2. The molecule has 3 aromatic rings. The van der Waals surface area contributed by atoms with Gasteiger partial charge in [-0.05, 0) is 29.3 Å². The number of rotatable bonds is 4. The Morgan fingerprint density at radius 2 is 1.72 bits per heavy atom. The second-order valence-electron chi connectivity index (χ2n) is 6.61. The van der Waals surface area contributed by atoms with Gasteiger partial charge in [-0.1, -0.05) is 36.4 Å². The fourth-order valence-electron chi connectivity index (χ4n) is 3.41. The van der Waals surface area contributed by atoms with Crippen molar-refractivity contribution in [2.24, 2.45) is 0 Å². The summed E-state index contributed by atoms with van der Waals surface area (Å²) in [4.78, 5) is 16.8. The van der Waals surface area contributed by atoms with Crippen LogP contribution < -0.4 is 0 Å². The van der Waals surface area contributed by atoms with Crippen molar-refractivity contribution in [2.75, 3.05) is 26.2 Å². The van der Waals surface area contributed by atoms with Gasteiger partial charge in [0, 0.05) is 38.1 Å². The summed E-state index contributed by atoms with van der Waals surface area (Å²) in [5.41, 5.74) is 3.31. The Morgan fingerprint density at radius 3 is 2.52 bits per heavy atom. The van der Waals surface area contributed by atoms with Crippen molar-refractivity contribution < 1.29 is 9.21 Å². The minimum Gasteiger partial charge on any atom is -0.464 e. The lowest BCUT2D eigenvalue weighted by molar-refractivity contribution is -0.132. The third kappa shape index (κ3) is 3.74. The molecule has 4 nitrogen and oxygen atoms in total. The van der Waals surface area contributed by atoms with Gasteiger partial charge in [-0.25, -0.2) is 0 Å². The predicted molar refractivity (Wildman–Crippen MR) is 98.2 cm³/mol. The number of carbonyl (C=O) groups excluding carboxylic acids is 1. The lowest BCUT2D eigenvalue weighted by atomic mass is 10.1. The molecule has 2 heterocycles. The van der Waals surface area contributed by atoms with Crippen LogP contribution in [0.1, 0.15) is 11.1 Å². The summed E-state index contributed by atoms with van der Waals surface area (Å²) >= 11 is 0. The highest BCUT2D eigenvalue weighted by Crippen LogP contribution is 2.18. The van der Waals surface area contributed by atoms with Crippen LogP contribution in [0.3, 0.4) is 0 Å². The van der Waals surface area contributed by atoms with Crippen molar-refractivity contribution in [2.45, 2.75) is 13.0 Å². The highest BCUT2D eigenvalue weighted by molar-refractivity contribution is 5.79. The summed E-state index contributed by atoms with van der Waals surface area (Å²) in [7, 11) is 0. The molecule has 0 radical (unpaired) electrons. The minimum atomic E-state index is 0.227. The molecule has 1 aromatic heterocycles. The molecular formula is C21H22N2O2. The Balaban J connectivity index is 1.31. The molecule has 0 atom stereocenters. The van der Waals surface area contributed by atoms with Crippen LogP contribution >= 0.6 is 0 Å². The van der Waals surface area contributed by atoms with Crippen molar-refractivity contribution in [3.8, 4) is 0 Å². The van der Waals surface area contributed by atoms with Gasteiger partial charge in [0.1, 0.15) is 5.58 Å². The van der Waals surface area contributed by atoms with Crippen molar-refractivity contribution in [3.63, 3.8) is 0 Å². The lowest BCUT2D eigenvalue weighted by Gasteiger charge is -2.34. The molecule has 128 valence electrons. The summed E-state index contributed by atoms with van der Waals surface area (Å²) in [6, 6.07) is 18.3. The second kappa shape index (κ2) is 7.11. The molecule has 1 saturated heterocycles. The van der Waals surface area contributed by atoms with E-state index in [1.807, 2.05) is 47.4 Å². The summed E-state index contributed by atoms with van der Waals surface area (Å²) < 4.78 is 5.39. The molecule has 1 amide bonds. The average molecular weight is 334 g/mol. The lowest BCUT2D eigenvalue weighted by Crippen LogP contribution is -2.48. The Bertz CT molecular complexity index is 848. The van der Waals surface area contributed by atoms with Gasteiger partial charge < -0.3 is 9.32 Å². The van der Waals surface area contributed by atoms with Gasteiger partial charge in [0.2, 0.25) is 5.91 Å². The van der Waals surface area contributed by atoms with Crippen LogP contribution in [-0.2, 0) is 17.8 Å². The quantitative estimate of drug-likeness (QED) is 0.734. The number of carbonyl (C=O) groups is 1. The molecule has 2 aromatic carbocycles. The van der Waals surface area contributed by atoms with E-state index in [-0.39, 0.29) is 5.91 Å². The zero-order valence-corrected chi connectivity index (χ0v) is 14.2. The van der Waals surface area contributed by atoms with Crippen molar-refractivity contribution >= 4 is 16.9 Å². The molecule has 0 N–H and O–H groups in total. The van der Waals surface area contributed by atoms with Crippen LogP contribution in [-0.4, -0.2) is 41.9 Å². The van der Waals surface area contributed by atoms with E-state index < -0.39 is 0 Å². The third-order valence-electron chi connectivity index (χ3n) is 4.85. The van der Waals surface area contributed by atoms with Crippen LogP contribution in [0.4, 0.5) is 0 Å². The minimum absolute atomic E-state index is 0.227. The number of benzene rings is 2. The maximum absolute atomic E-state index is 12.4. The Labute approximate surface area is 147 Å². The van der Waals surface area contributed by atoms with Gasteiger partial charge in [0.25, 0.3) is 0 Å². The Hall–Kier alpha value is -2.59. The van der Waals surface area contributed by atoms with Gasteiger partial charge in [-0.2, -0.15) is 0 Å². The first kappa shape index (κ1) is 15.9. The van der Waals surface area contributed by atoms with Crippen LogP contribution in [0.5, 0.6) is 0 Å². The number of fused-ring (bicyclic) bond motifs is 1. The number of amides is 1. The number of nitrogens with zero attached hydrogens (tertiary/aromatic N) is 2. The van der Waals surface area contributed by atoms with Crippen LogP contribution in [0.15, 0.2) is 65.3 Å². The maximum Gasteiger partial charge on any atom is 0.227 e. The van der Waals surface area contributed by atoms with Crippen LogP contribution in [0.25, 0.3) is 11.0 Å². The molecule has 0 spiro atoms. The normalized spacial score (nSPS) is 15.6. The molecule has 1 fully saturated rings. The van der Waals surface area contributed by atoms with Gasteiger partial charge in [-0.3, -0.25) is 9.69 Å². The summed E-state index contributed by atoms with van der Waals surface area (Å²) in [5, 5.41) is 1.15. The van der Waals surface area contributed by atoms with E-state index in [1.165, 1.54) is 5.56 Å². The number of hydrogen-bond donors (Lipinski definition) is 0. The molecule has 1 aliphatic rings. The summed E-state index contributed by atoms with van der Waals surface area (Å²) in [6.07, 6.45) is 2.23. The zero-order chi connectivity index (χ0) is 17.1. The molecule has 4 rings (SSSR count). The van der Waals surface area contributed by atoms with E-state index in [9.17, 15) is 4.79 Å². The van der Waals surface area contributed by atoms with Gasteiger partial charge in [0.15, 0.2) is 0 Å². The van der Waals surface area contributed by atoms with Crippen molar-refractivity contribution in [3.05, 3.63) is 72.0 Å². The average Bonchev–Trinajstić information content (AvgIpc) is 3.11. The fourth-order valence-corrected chi connectivity index (χ4v) is 3.41. The van der Waals surface area contributed by atoms with Gasteiger partial charge in [-0.15, -0.1) is 0 Å². The highest BCUT2D eigenvalue weighted by atomic mass is 16.3. The number of piperazine rings is 1. The first-order chi connectivity index (χ1) is 12.3. The van der Waals surface area contributed by atoms with Gasteiger partial charge >= 0.3 is 0 Å². The van der Waals surface area contributed by atoms with Crippen molar-refractivity contribution in [1.29, 1.82) is 0 Å². The monoisotopic (exact) mass is 334 g/mol. The van der Waals surface area contributed by atoms with E-state index in [0.717, 1.165) is 49.3 Å². The number of hydrogen-bond acceptors (Lipinski definition) is 3. The SMILES string of the molecule is O=C(Cc1ccccc1)N1CCN(Cc2ccc3occc3c2)CC1. The van der Waals surface area contributed by atoms with Crippen LogP contribution in [0.2, 0.25) is 0 Å². The van der Waals surface area contributed by atoms with E-state index in [1.54, 1.807) is 6.26 Å². The predicted octanol–water partition coefficient (Wildman–Crippen LogP) is 3.32. The van der Waals surface area contributed by atoms with Gasteiger partial charge in [0.05, 0.1) is 12.7 Å². The molecule has 0 saturated carbocycles. The number of furan rings is 1. The third-order valence-corrected chi connectivity index (χ3v) is 4.85. The maximum atomic E-state index is 12.4. The molecule has 25 heavy (non-hydrogen) atoms. The Kier molecular flexibility index (Phi) is 4.53. The van der Waals surface area contributed by atoms with Crippen LogP contribution in [0, 0.1) is 0 Å². The van der Waals surface area contributed by atoms with E-state index in [0.29, 0.717) is 6.42 Å². The van der Waals surface area contributed by atoms with E-state index in [4.69, 9.17) is 4.42 Å². The summed E-state index contributed by atoms with van der Waals surface area (Å²) in [6.45, 7) is 4.37. The zero-order valence-electron chi connectivity index (χ0n) is 14.2. The molecule has 4 heteroatoms. The topological polar surface area (TPSA) is 36.7 Å². The first-order valence-corrected chi connectivity index (χ1v) is 8.78. The smallest absolute Gasteiger partial charge is 0.227 e. The molecule has 0 bridgehead atoms.